The van der Waals surface area contributed by atoms with Crippen LogP contribution in [0.2, 0.25) is 0 Å². The van der Waals surface area contributed by atoms with Crippen molar-refractivity contribution < 1.29 is 4.74 Å². The number of anilines is 2. The summed E-state index contributed by atoms with van der Waals surface area (Å²) in [7, 11) is 2.11. The van der Waals surface area contributed by atoms with Gasteiger partial charge in [-0.25, -0.2) is 0 Å². The highest BCUT2D eigenvalue weighted by molar-refractivity contribution is 5.65. The third kappa shape index (κ3) is 2.83. The smallest absolute Gasteiger partial charge is 0.124 e. The van der Waals surface area contributed by atoms with Crippen LogP contribution in [0.15, 0.2) is 42.5 Å². The Kier molecular flexibility index (Phi) is 4.37. The lowest BCUT2D eigenvalue weighted by Gasteiger charge is -2.27. The highest BCUT2D eigenvalue weighted by Crippen LogP contribution is 2.38. The molecule has 0 fully saturated rings. The summed E-state index contributed by atoms with van der Waals surface area (Å²) in [4.78, 5) is 2.22. The van der Waals surface area contributed by atoms with Crippen LogP contribution in [-0.2, 0) is 6.42 Å². The first-order valence-electron chi connectivity index (χ1n) is 8.32. The second kappa shape index (κ2) is 6.43. The Morgan fingerprint density at radius 1 is 1.05 bits per heavy atom. The minimum atomic E-state index is 0.645. The van der Waals surface area contributed by atoms with Crippen molar-refractivity contribution in [3.63, 3.8) is 0 Å². The molecule has 1 atom stereocenters. The summed E-state index contributed by atoms with van der Waals surface area (Å²) in [6.45, 7) is 5.28. The van der Waals surface area contributed by atoms with Crippen LogP contribution in [-0.4, -0.2) is 13.7 Å². The molecular formula is C20H25NO. The average Bonchev–Trinajstić information content (AvgIpc) is 2.60. The van der Waals surface area contributed by atoms with E-state index in [2.05, 4.69) is 68.3 Å². The summed E-state index contributed by atoms with van der Waals surface area (Å²) < 4.78 is 5.89. The fraction of sp³-hybridized carbons (Fsp3) is 0.400. The standard InChI is InChI=1S/C20H25NO/c1-4-15-6-8-17(9-7-15)21(3)18-10-11-19-16(5-2)12-13-22-20(19)14-18/h6-11,14,16H,4-5,12-13H2,1-3H3. The molecule has 0 saturated carbocycles. The van der Waals surface area contributed by atoms with Crippen LogP contribution in [0.4, 0.5) is 11.4 Å². The molecule has 1 heterocycles. The Balaban J connectivity index is 1.88. The number of hydrogen-bond acceptors (Lipinski definition) is 2. The van der Waals surface area contributed by atoms with Crippen LogP contribution in [0.3, 0.4) is 0 Å². The van der Waals surface area contributed by atoms with Crippen molar-refractivity contribution in [1.82, 2.24) is 0 Å². The van der Waals surface area contributed by atoms with Crippen molar-refractivity contribution >= 4 is 11.4 Å². The van der Waals surface area contributed by atoms with Gasteiger partial charge in [-0.1, -0.05) is 32.0 Å². The van der Waals surface area contributed by atoms with Crippen LogP contribution in [0, 0.1) is 0 Å². The first-order valence-corrected chi connectivity index (χ1v) is 8.32. The maximum Gasteiger partial charge on any atom is 0.124 e. The monoisotopic (exact) mass is 295 g/mol. The number of benzene rings is 2. The van der Waals surface area contributed by atoms with Gasteiger partial charge in [-0.3, -0.25) is 0 Å². The summed E-state index contributed by atoms with van der Waals surface area (Å²) in [5, 5.41) is 0. The zero-order chi connectivity index (χ0) is 15.5. The summed E-state index contributed by atoms with van der Waals surface area (Å²) >= 11 is 0. The number of aryl methyl sites for hydroxylation is 1. The average molecular weight is 295 g/mol. The molecule has 1 unspecified atom stereocenters. The maximum atomic E-state index is 5.89. The van der Waals surface area contributed by atoms with E-state index in [1.165, 1.54) is 28.9 Å². The van der Waals surface area contributed by atoms with Crippen LogP contribution in [0.25, 0.3) is 0 Å². The van der Waals surface area contributed by atoms with Crippen molar-refractivity contribution in [2.24, 2.45) is 0 Å². The van der Waals surface area contributed by atoms with Gasteiger partial charge in [0.25, 0.3) is 0 Å². The van der Waals surface area contributed by atoms with Gasteiger partial charge in [-0.15, -0.1) is 0 Å². The van der Waals surface area contributed by atoms with Crippen molar-refractivity contribution in [2.75, 3.05) is 18.6 Å². The molecule has 22 heavy (non-hydrogen) atoms. The Hall–Kier alpha value is -1.96. The zero-order valence-electron chi connectivity index (χ0n) is 13.8. The SMILES string of the molecule is CCc1ccc(N(C)c2ccc3c(c2)OCCC3CC)cc1. The Morgan fingerprint density at radius 2 is 1.77 bits per heavy atom. The van der Waals surface area contributed by atoms with Gasteiger partial charge in [0.1, 0.15) is 5.75 Å². The van der Waals surface area contributed by atoms with Crippen molar-refractivity contribution in [1.29, 1.82) is 0 Å². The molecule has 2 aromatic rings. The fourth-order valence-electron chi connectivity index (χ4n) is 3.19. The Labute approximate surface area is 133 Å². The number of rotatable bonds is 4. The van der Waals surface area contributed by atoms with E-state index in [4.69, 9.17) is 4.74 Å². The van der Waals surface area contributed by atoms with Gasteiger partial charge in [-0.2, -0.15) is 0 Å². The van der Waals surface area contributed by atoms with Crippen LogP contribution >= 0.6 is 0 Å². The van der Waals surface area contributed by atoms with E-state index in [1.807, 2.05) is 0 Å². The molecular weight excluding hydrogens is 270 g/mol. The predicted octanol–water partition coefficient (Wildman–Crippen LogP) is 5.29. The minimum absolute atomic E-state index is 0.645. The lowest BCUT2D eigenvalue weighted by molar-refractivity contribution is 0.265. The minimum Gasteiger partial charge on any atom is -0.493 e. The third-order valence-electron chi connectivity index (χ3n) is 4.77. The second-order valence-corrected chi connectivity index (χ2v) is 6.04. The number of hydrogen-bond donors (Lipinski definition) is 0. The summed E-state index contributed by atoms with van der Waals surface area (Å²) in [5.41, 5.74) is 5.13. The molecule has 0 N–H and O–H groups in total. The van der Waals surface area contributed by atoms with Gasteiger partial charge >= 0.3 is 0 Å². The molecule has 0 bridgehead atoms. The van der Waals surface area contributed by atoms with E-state index in [0.29, 0.717) is 5.92 Å². The molecule has 2 nitrogen and oxygen atoms in total. The lowest BCUT2D eigenvalue weighted by Crippen LogP contribution is -2.15. The molecule has 116 valence electrons. The summed E-state index contributed by atoms with van der Waals surface area (Å²) in [6, 6.07) is 15.4. The van der Waals surface area contributed by atoms with Crippen LogP contribution in [0.1, 0.15) is 43.7 Å². The van der Waals surface area contributed by atoms with E-state index in [0.717, 1.165) is 25.2 Å². The van der Waals surface area contributed by atoms with Crippen molar-refractivity contribution in [3.8, 4) is 5.75 Å². The molecule has 0 spiro atoms. The van der Waals surface area contributed by atoms with E-state index in [9.17, 15) is 0 Å². The molecule has 3 rings (SSSR count). The molecule has 2 heteroatoms. The van der Waals surface area contributed by atoms with Gasteiger partial charge in [0.15, 0.2) is 0 Å². The summed E-state index contributed by atoms with van der Waals surface area (Å²) in [6.07, 6.45) is 3.40. The normalized spacial score (nSPS) is 16.8. The van der Waals surface area contributed by atoms with Crippen LogP contribution < -0.4 is 9.64 Å². The highest BCUT2D eigenvalue weighted by Gasteiger charge is 2.20. The molecule has 0 aliphatic carbocycles. The fourth-order valence-corrected chi connectivity index (χ4v) is 3.19. The molecule has 1 aliphatic rings. The van der Waals surface area contributed by atoms with Gasteiger partial charge in [0.05, 0.1) is 6.61 Å². The first kappa shape index (κ1) is 15.0. The lowest BCUT2D eigenvalue weighted by atomic mass is 9.91. The van der Waals surface area contributed by atoms with E-state index in [-0.39, 0.29) is 0 Å². The third-order valence-corrected chi connectivity index (χ3v) is 4.77. The quantitative estimate of drug-likeness (QED) is 0.759. The Morgan fingerprint density at radius 3 is 2.45 bits per heavy atom. The highest BCUT2D eigenvalue weighted by atomic mass is 16.5. The number of nitrogens with zero attached hydrogens (tertiary/aromatic N) is 1. The Bertz CT molecular complexity index is 633. The molecule has 2 aromatic carbocycles. The van der Waals surface area contributed by atoms with Gasteiger partial charge in [-0.05, 0) is 54.5 Å². The largest absolute Gasteiger partial charge is 0.493 e. The van der Waals surface area contributed by atoms with E-state index in [1.54, 1.807) is 0 Å². The predicted molar refractivity (Wildman–Crippen MR) is 93.5 cm³/mol. The van der Waals surface area contributed by atoms with Gasteiger partial charge in [0.2, 0.25) is 0 Å². The van der Waals surface area contributed by atoms with Gasteiger partial charge < -0.3 is 9.64 Å². The van der Waals surface area contributed by atoms with Crippen LogP contribution in [0.5, 0.6) is 5.75 Å². The van der Waals surface area contributed by atoms with E-state index >= 15 is 0 Å². The molecule has 0 amide bonds. The molecule has 0 saturated heterocycles. The number of ether oxygens (including phenoxy) is 1. The second-order valence-electron chi connectivity index (χ2n) is 6.04. The molecule has 0 aromatic heterocycles. The zero-order valence-corrected chi connectivity index (χ0v) is 13.8. The molecule has 0 radical (unpaired) electrons. The van der Waals surface area contributed by atoms with Crippen molar-refractivity contribution in [2.45, 2.75) is 39.0 Å². The van der Waals surface area contributed by atoms with E-state index < -0.39 is 0 Å². The molecule has 1 aliphatic heterocycles. The topological polar surface area (TPSA) is 12.5 Å². The first-order chi connectivity index (χ1) is 10.7. The summed E-state index contributed by atoms with van der Waals surface area (Å²) in [5.74, 6) is 1.71. The maximum absolute atomic E-state index is 5.89. The van der Waals surface area contributed by atoms with Crippen molar-refractivity contribution in [3.05, 3.63) is 53.6 Å². The van der Waals surface area contributed by atoms with Gasteiger partial charge in [0, 0.05) is 24.5 Å². The number of fused-ring (bicyclic) bond motifs is 1.